The molecule has 0 spiro atoms. The number of para-hydroxylation sites is 1. The van der Waals surface area contributed by atoms with Crippen LogP contribution in [0.1, 0.15) is 27.2 Å². The molecule has 0 atom stereocenters. The molecule has 3 aromatic rings. The maximum Gasteiger partial charge on any atom is 0.322 e. The van der Waals surface area contributed by atoms with Crippen molar-refractivity contribution < 1.29 is 24.5 Å². The molecule has 0 bridgehead atoms. The van der Waals surface area contributed by atoms with Gasteiger partial charge in [0.15, 0.2) is 0 Å². The second kappa shape index (κ2) is 7.36. The number of amides is 1. The van der Waals surface area contributed by atoms with E-state index in [2.05, 4.69) is 10.3 Å². The van der Waals surface area contributed by atoms with Gasteiger partial charge < -0.3 is 24.8 Å². The zero-order valence-corrected chi connectivity index (χ0v) is 15.2. The van der Waals surface area contributed by atoms with E-state index in [0.717, 1.165) is 16.5 Å². The van der Waals surface area contributed by atoms with Gasteiger partial charge in [-0.1, -0.05) is 18.2 Å². The Bertz CT molecular complexity index is 1200. The van der Waals surface area contributed by atoms with Crippen LogP contribution in [0.25, 0.3) is 10.9 Å². The molecule has 0 aliphatic carbocycles. The smallest absolute Gasteiger partial charge is 0.322 e. The number of aliphatic carboxylic acids is 1. The third-order valence-electron chi connectivity index (χ3n) is 4.76. The third kappa shape index (κ3) is 3.43. The molecule has 29 heavy (non-hydrogen) atoms. The van der Waals surface area contributed by atoms with E-state index in [0.29, 0.717) is 11.3 Å². The third-order valence-corrected chi connectivity index (χ3v) is 4.76. The molecule has 0 saturated carbocycles. The van der Waals surface area contributed by atoms with E-state index in [4.69, 9.17) is 9.84 Å². The monoisotopic (exact) mass is 395 g/mol. The molecule has 3 heterocycles. The number of aromatic hydroxyl groups is 1. The Morgan fingerprint density at radius 1 is 1.24 bits per heavy atom. The molecule has 0 fully saturated rings. The predicted octanol–water partition coefficient (Wildman–Crippen LogP) is 0.995. The number of ether oxygens (including phenoxy) is 1. The lowest BCUT2D eigenvalue weighted by molar-refractivity contribution is -0.135. The average molecular weight is 395 g/mol. The maximum absolute atomic E-state index is 13.0. The number of fused-ring (bicyclic) bond motifs is 2. The second-order valence-corrected chi connectivity index (χ2v) is 6.65. The number of carbonyl (C=O) groups excluding carboxylic acids is 1. The summed E-state index contributed by atoms with van der Waals surface area (Å²) >= 11 is 0. The van der Waals surface area contributed by atoms with E-state index < -0.39 is 35.3 Å². The molecule has 0 saturated heterocycles. The van der Waals surface area contributed by atoms with Gasteiger partial charge in [-0.05, 0) is 17.7 Å². The van der Waals surface area contributed by atoms with Gasteiger partial charge in [0.1, 0.15) is 17.9 Å². The fourth-order valence-corrected chi connectivity index (χ4v) is 3.38. The van der Waals surface area contributed by atoms with Gasteiger partial charge in [-0.3, -0.25) is 19.4 Å². The highest BCUT2D eigenvalue weighted by atomic mass is 16.5. The van der Waals surface area contributed by atoms with Crippen molar-refractivity contribution in [3.05, 3.63) is 69.3 Å². The van der Waals surface area contributed by atoms with E-state index in [1.165, 1.54) is 4.57 Å². The summed E-state index contributed by atoms with van der Waals surface area (Å²) in [5.41, 5.74) is 1.17. The molecular formula is C20H17N3O6. The van der Waals surface area contributed by atoms with Gasteiger partial charge in [0.2, 0.25) is 0 Å². The lowest BCUT2D eigenvalue weighted by Gasteiger charge is -2.15. The van der Waals surface area contributed by atoms with E-state index in [9.17, 15) is 19.5 Å². The number of aromatic nitrogens is 2. The fourth-order valence-electron chi connectivity index (χ4n) is 3.38. The fraction of sp³-hybridized carbons (Fsp3) is 0.200. The van der Waals surface area contributed by atoms with Crippen LogP contribution in [0.4, 0.5) is 0 Å². The predicted molar refractivity (Wildman–Crippen MR) is 102 cm³/mol. The number of hydrogen-bond acceptors (Lipinski definition) is 6. The molecule has 3 N–H and O–H groups in total. The summed E-state index contributed by atoms with van der Waals surface area (Å²) in [6.07, 6.45) is 1.65. The Balaban J connectivity index is 1.79. The first-order valence-electron chi connectivity index (χ1n) is 8.84. The molecule has 2 aromatic heterocycles. The van der Waals surface area contributed by atoms with E-state index >= 15 is 0 Å². The summed E-state index contributed by atoms with van der Waals surface area (Å²) in [6, 6.07) is 9.45. The molecule has 9 heteroatoms. The van der Waals surface area contributed by atoms with Crippen molar-refractivity contribution in [3.8, 4) is 5.75 Å². The molecule has 4 rings (SSSR count). The molecule has 1 amide bonds. The van der Waals surface area contributed by atoms with Crippen LogP contribution < -0.4 is 10.9 Å². The topological polar surface area (TPSA) is 131 Å². The molecule has 1 aliphatic rings. The first kappa shape index (κ1) is 18.6. The highest BCUT2D eigenvalue weighted by molar-refractivity contribution is 5.98. The number of pyridine rings is 2. The van der Waals surface area contributed by atoms with Crippen LogP contribution in [0.15, 0.2) is 41.3 Å². The van der Waals surface area contributed by atoms with Crippen molar-refractivity contribution >= 4 is 22.8 Å². The second-order valence-electron chi connectivity index (χ2n) is 6.65. The van der Waals surface area contributed by atoms with E-state index in [1.807, 2.05) is 30.3 Å². The molecule has 1 aliphatic heterocycles. The standard InChI is InChI=1S/C20H17N3O6/c24-16(25)7-22-19(27)17-18(26)13-9-29-10-15(13)23(20(17)28)8-11-5-12-3-1-2-4-14(12)21-6-11/h1-6,26H,7-10H2,(H,22,27)(H,24,25). The van der Waals surface area contributed by atoms with Crippen LogP contribution in [0, 0.1) is 0 Å². The van der Waals surface area contributed by atoms with Gasteiger partial charge in [0, 0.05) is 17.1 Å². The summed E-state index contributed by atoms with van der Waals surface area (Å²) in [5, 5.41) is 22.2. The number of carboxylic acid groups (broad SMARTS) is 1. The summed E-state index contributed by atoms with van der Waals surface area (Å²) in [5.74, 6) is -2.68. The van der Waals surface area contributed by atoms with Crippen LogP contribution in [-0.2, 0) is 29.3 Å². The minimum atomic E-state index is -1.26. The van der Waals surface area contributed by atoms with Gasteiger partial charge in [-0.25, -0.2) is 0 Å². The van der Waals surface area contributed by atoms with Gasteiger partial charge in [0.25, 0.3) is 11.5 Å². The number of nitrogens with one attached hydrogen (secondary N) is 1. The highest BCUT2D eigenvalue weighted by Crippen LogP contribution is 2.30. The largest absolute Gasteiger partial charge is 0.506 e. The number of nitrogens with zero attached hydrogens (tertiary/aromatic N) is 2. The Kier molecular flexibility index (Phi) is 4.73. The van der Waals surface area contributed by atoms with E-state index in [1.54, 1.807) is 6.20 Å². The van der Waals surface area contributed by atoms with Crippen LogP contribution >= 0.6 is 0 Å². The van der Waals surface area contributed by atoms with E-state index in [-0.39, 0.29) is 19.8 Å². The maximum atomic E-state index is 13.0. The zero-order valence-electron chi connectivity index (χ0n) is 15.2. The van der Waals surface area contributed by atoms with Crippen LogP contribution in [0.3, 0.4) is 0 Å². The number of rotatable bonds is 5. The van der Waals surface area contributed by atoms with Crippen LogP contribution in [0.5, 0.6) is 5.75 Å². The Labute approximate surface area is 164 Å². The summed E-state index contributed by atoms with van der Waals surface area (Å²) in [4.78, 5) is 40.5. The molecular weight excluding hydrogens is 378 g/mol. The summed E-state index contributed by atoms with van der Waals surface area (Å²) in [7, 11) is 0. The average Bonchev–Trinajstić information content (AvgIpc) is 3.19. The quantitative estimate of drug-likeness (QED) is 0.587. The van der Waals surface area contributed by atoms with Gasteiger partial charge in [-0.15, -0.1) is 0 Å². The minimum absolute atomic E-state index is 0.0522. The SMILES string of the molecule is O=C(O)CNC(=O)c1c(O)c2c(n(Cc3cnc4ccccc4c3)c1=O)COC2. The molecule has 0 radical (unpaired) electrons. The lowest BCUT2D eigenvalue weighted by Crippen LogP contribution is -2.37. The first-order chi connectivity index (χ1) is 14.0. The van der Waals surface area contributed by atoms with Crippen molar-refractivity contribution in [2.75, 3.05) is 6.54 Å². The molecule has 0 unspecified atom stereocenters. The normalized spacial score (nSPS) is 12.7. The van der Waals surface area contributed by atoms with Crippen molar-refractivity contribution in [1.82, 2.24) is 14.9 Å². The Morgan fingerprint density at radius 3 is 2.83 bits per heavy atom. The number of benzene rings is 1. The van der Waals surface area contributed by atoms with Crippen molar-refractivity contribution in [3.63, 3.8) is 0 Å². The number of hydrogen-bond donors (Lipinski definition) is 3. The number of carboxylic acids is 1. The highest BCUT2D eigenvalue weighted by Gasteiger charge is 2.29. The molecule has 9 nitrogen and oxygen atoms in total. The van der Waals surface area contributed by atoms with Crippen LogP contribution in [-0.4, -0.2) is 38.2 Å². The van der Waals surface area contributed by atoms with Crippen LogP contribution in [0.2, 0.25) is 0 Å². The molecule has 1 aromatic carbocycles. The lowest BCUT2D eigenvalue weighted by atomic mass is 10.1. The Hall–Kier alpha value is -3.72. The zero-order chi connectivity index (χ0) is 20.5. The van der Waals surface area contributed by atoms with Gasteiger partial charge >= 0.3 is 5.97 Å². The minimum Gasteiger partial charge on any atom is -0.506 e. The summed E-state index contributed by atoms with van der Waals surface area (Å²) < 4.78 is 6.74. The number of carbonyl (C=O) groups is 2. The van der Waals surface area contributed by atoms with Crippen molar-refractivity contribution in [2.45, 2.75) is 19.8 Å². The Morgan fingerprint density at radius 2 is 2.03 bits per heavy atom. The van der Waals surface area contributed by atoms with Gasteiger partial charge in [-0.2, -0.15) is 0 Å². The van der Waals surface area contributed by atoms with Gasteiger partial charge in [0.05, 0.1) is 31.0 Å². The van der Waals surface area contributed by atoms with Crippen molar-refractivity contribution in [1.29, 1.82) is 0 Å². The molecule has 148 valence electrons. The first-order valence-corrected chi connectivity index (χ1v) is 8.84. The summed E-state index contributed by atoms with van der Waals surface area (Å²) in [6.45, 7) is -0.367. The van der Waals surface area contributed by atoms with Crippen molar-refractivity contribution in [2.24, 2.45) is 0 Å².